The maximum Gasteiger partial charge on any atom is 0.158 e. The topological polar surface area (TPSA) is 45.8 Å². The average molecular weight is 234 g/mol. The smallest absolute Gasteiger partial charge is 0.158 e. The highest BCUT2D eigenvalue weighted by Gasteiger charge is 2.29. The number of hydrazine groups is 3. The summed E-state index contributed by atoms with van der Waals surface area (Å²) in [6.45, 7) is 0. The minimum Gasteiger partial charge on any atom is -0.248 e. The third kappa shape index (κ3) is 6.20. The van der Waals surface area contributed by atoms with E-state index in [1.54, 1.807) is 0 Å². The molecule has 0 saturated carbocycles. The Kier molecular flexibility index (Phi) is 6.53. The Morgan fingerprint density at radius 1 is 0.800 bits per heavy atom. The number of hydrogen-bond acceptors (Lipinski definition) is 6. The average Bonchev–Trinajstić information content (AvgIpc) is 1.99. The molecule has 0 amide bonds. The first-order valence-corrected chi connectivity index (χ1v) is 6.58. The van der Waals surface area contributed by atoms with Gasteiger partial charge in [0.25, 0.3) is 0 Å². The van der Waals surface area contributed by atoms with E-state index in [9.17, 15) is 0 Å². The van der Waals surface area contributed by atoms with Gasteiger partial charge in [-0.3, -0.25) is 0 Å². The molecule has 92 valence electrons. The quantitative estimate of drug-likeness (QED) is 0.260. The summed E-state index contributed by atoms with van der Waals surface area (Å²) >= 11 is 0. The van der Waals surface area contributed by atoms with Crippen molar-refractivity contribution in [3.8, 4) is 0 Å². The molecule has 0 saturated heterocycles. The molecule has 0 unspecified atom stereocenters. The van der Waals surface area contributed by atoms with E-state index in [0.717, 1.165) is 16.3 Å². The van der Waals surface area contributed by atoms with Gasteiger partial charge in [0.2, 0.25) is 0 Å². The van der Waals surface area contributed by atoms with E-state index in [1.807, 2.05) is 57.3 Å². The third-order valence-corrected chi connectivity index (χ3v) is 2.83. The van der Waals surface area contributed by atoms with E-state index < -0.39 is 0 Å². The second kappa shape index (κ2) is 6.54. The SMILES string of the molecule is CN(C)NC(C[SiH3])(NN(C)C)NN(C)C. The summed E-state index contributed by atoms with van der Waals surface area (Å²) in [6.07, 6.45) is 0. The molecule has 6 nitrogen and oxygen atoms in total. The lowest BCUT2D eigenvalue weighted by molar-refractivity contribution is -0.00271. The first-order chi connectivity index (χ1) is 6.81. The summed E-state index contributed by atoms with van der Waals surface area (Å²) < 4.78 is 0. The zero-order valence-electron chi connectivity index (χ0n) is 11.0. The van der Waals surface area contributed by atoms with E-state index in [-0.39, 0.29) is 5.79 Å². The molecule has 0 aromatic heterocycles. The number of rotatable bonds is 7. The first kappa shape index (κ1) is 15.0. The highest BCUT2D eigenvalue weighted by Crippen LogP contribution is 2.02. The van der Waals surface area contributed by atoms with Gasteiger partial charge in [-0.2, -0.15) is 0 Å². The largest absolute Gasteiger partial charge is 0.248 e. The zero-order valence-corrected chi connectivity index (χ0v) is 13.0. The van der Waals surface area contributed by atoms with E-state index >= 15 is 0 Å². The zero-order chi connectivity index (χ0) is 12.1. The van der Waals surface area contributed by atoms with Crippen LogP contribution in [0.25, 0.3) is 0 Å². The number of hydrogen-bond donors (Lipinski definition) is 3. The van der Waals surface area contributed by atoms with E-state index in [0.29, 0.717) is 0 Å². The molecular formula is C8H26N6Si. The summed E-state index contributed by atoms with van der Waals surface area (Å²) in [5.41, 5.74) is 10.1. The Labute approximate surface area is 96.3 Å². The van der Waals surface area contributed by atoms with E-state index in [2.05, 4.69) is 16.3 Å². The van der Waals surface area contributed by atoms with Crippen molar-refractivity contribution in [2.45, 2.75) is 11.8 Å². The highest BCUT2D eigenvalue weighted by atomic mass is 28.1. The molecule has 0 fully saturated rings. The molecule has 0 aliphatic rings. The van der Waals surface area contributed by atoms with Crippen molar-refractivity contribution in [2.75, 3.05) is 42.3 Å². The van der Waals surface area contributed by atoms with Gasteiger partial charge in [0.1, 0.15) is 0 Å². The Hall–Kier alpha value is -0.0231. The van der Waals surface area contributed by atoms with Crippen LogP contribution >= 0.6 is 0 Å². The van der Waals surface area contributed by atoms with Crippen LogP contribution in [-0.4, -0.2) is 73.3 Å². The van der Waals surface area contributed by atoms with Gasteiger partial charge in [-0.25, -0.2) is 31.3 Å². The second-order valence-corrected chi connectivity index (χ2v) is 4.98. The molecule has 0 aliphatic heterocycles. The highest BCUT2D eigenvalue weighted by molar-refractivity contribution is 6.09. The minimum absolute atomic E-state index is 0.303. The molecule has 0 spiro atoms. The Morgan fingerprint density at radius 3 is 1.20 bits per heavy atom. The third-order valence-electron chi connectivity index (χ3n) is 1.77. The molecular weight excluding hydrogens is 208 g/mol. The van der Waals surface area contributed by atoms with Crippen LogP contribution < -0.4 is 16.3 Å². The summed E-state index contributed by atoms with van der Waals surface area (Å²) in [4.78, 5) is 0. The second-order valence-electron chi connectivity index (χ2n) is 4.28. The molecule has 0 heterocycles. The van der Waals surface area contributed by atoms with Crippen molar-refractivity contribution in [1.82, 2.24) is 31.3 Å². The standard InChI is InChI=1S/C8H26N6Si/c1-12(2)9-8(7-15,10-13(3)4)11-14(5)6/h9-11H,7H2,1-6,15H3. The van der Waals surface area contributed by atoms with Crippen LogP contribution in [-0.2, 0) is 0 Å². The lowest BCUT2D eigenvalue weighted by Crippen LogP contribution is -2.73. The van der Waals surface area contributed by atoms with Gasteiger partial charge < -0.3 is 0 Å². The van der Waals surface area contributed by atoms with Gasteiger partial charge >= 0.3 is 0 Å². The van der Waals surface area contributed by atoms with E-state index in [1.165, 1.54) is 0 Å². The summed E-state index contributed by atoms with van der Waals surface area (Å²) in [5.74, 6) is -0.303. The molecule has 0 rings (SSSR count). The van der Waals surface area contributed by atoms with Gasteiger partial charge in [-0.1, -0.05) is 0 Å². The van der Waals surface area contributed by atoms with Gasteiger partial charge in [0, 0.05) is 52.5 Å². The fraction of sp³-hybridized carbons (Fsp3) is 1.00. The van der Waals surface area contributed by atoms with Gasteiger partial charge in [0.05, 0.1) is 0 Å². The Bertz CT molecular complexity index is 146. The Morgan fingerprint density at radius 2 is 1.07 bits per heavy atom. The molecule has 0 atom stereocenters. The van der Waals surface area contributed by atoms with E-state index in [4.69, 9.17) is 0 Å². The fourth-order valence-corrected chi connectivity index (χ4v) is 1.93. The molecule has 0 bridgehead atoms. The molecule has 0 aliphatic carbocycles. The molecule has 3 N–H and O–H groups in total. The Balaban J connectivity index is 4.59. The molecule has 15 heavy (non-hydrogen) atoms. The molecule has 0 aromatic rings. The lowest BCUT2D eigenvalue weighted by Gasteiger charge is -2.41. The van der Waals surface area contributed by atoms with Crippen LogP contribution in [0.1, 0.15) is 0 Å². The van der Waals surface area contributed by atoms with Gasteiger partial charge in [-0.15, -0.1) is 0 Å². The van der Waals surface area contributed by atoms with Crippen molar-refractivity contribution >= 4 is 10.2 Å². The van der Waals surface area contributed by atoms with Crippen LogP contribution in [0.5, 0.6) is 0 Å². The maximum atomic E-state index is 3.37. The predicted molar refractivity (Wildman–Crippen MR) is 67.9 cm³/mol. The summed E-state index contributed by atoms with van der Waals surface area (Å²) in [6, 6.07) is 1.03. The van der Waals surface area contributed by atoms with Crippen LogP contribution in [0.4, 0.5) is 0 Å². The van der Waals surface area contributed by atoms with Crippen LogP contribution in [0.2, 0.25) is 6.04 Å². The van der Waals surface area contributed by atoms with Crippen molar-refractivity contribution in [2.24, 2.45) is 0 Å². The van der Waals surface area contributed by atoms with Crippen molar-refractivity contribution < 1.29 is 0 Å². The first-order valence-electron chi connectivity index (χ1n) is 5.16. The minimum atomic E-state index is -0.303. The fourth-order valence-electron chi connectivity index (χ4n) is 1.46. The lowest BCUT2D eigenvalue weighted by atomic mass is 10.4. The maximum absolute atomic E-state index is 3.37. The monoisotopic (exact) mass is 234 g/mol. The van der Waals surface area contributed by atoms with Crippen LogP contribution in [0, 0.1) is 0 Å². The van der Waals surface area contributed by atoms with Crippen molar-refractivity contribution in [3.63, 3.8) is 0 Å². The van der Waals surface area contributed by atoms with Crippen LogP contribution in [0.15, 0.2) is 0 Å². The molecule has 0 radical (unpaired) electrons. The van der Waals surface area contributed by atoms with Crippen LogP contribution in [0.3, 0.4) is 0 Å². The summed E-state index contributed by atoms with van der Waals surface area (Å²) in [5, 5.41) is 5.85. The van der Waals surface area contributed by atoms with Gasteiger partial charge in [0.15, 0.2) is 5.79 Å². The molecule has 7 heteroatoms. The van der Waals surface area contributed by atoms with Crippen molar-refractivity contribution in [1.29, 1.82) is 0 Å². The van der Waals surface area contributed by atoms with Gasteiger partial charge in [-0.05, 0) is 6.04 Å². The normalized spacial score (nSPS) is 13.4. The summed E-state index contributed by atoms with van der Waals surface area (Å²) in [7, 11) is 13.0. The number of nitrogens with one attached hydrogen (secondary N) is 3. The number of nitrogens with zero attached hydrogens (tertiary/aromatic N) is 3. The predicted octanol–water partition coefficient (Wildman–Crippen LogP) is -2.38. The molecule has 0 aromatic carbocycles. The van der Waals surface area contributed by atoms with Crippen molar-refractivity contribution in [3.05, 3.63) is 0 Å².